The lowest BCUT2D eigenvalue weighted by Gasteiger charge is -2.36. The van der Waals surface area contributed by atoms with Gasteiger partial charge in [0.2, 0.25) is 9.84 Å². The highest BCUT2D eigenvalue weighted by molar-refractivity contribution is 7.92. The minimum Gasteiger partial charge on any atom is -0.480 e. The van der Waals surface area contributed by atoms with Crippen LogP contribution >= 0.6 is 0 Å². The van der Waals surface area contributed by atoms with E-state index in [-0.39, 0.29) is 17.3 Å². The van der Waals surface area contributed by atoms with Gasteiger partial charge in [0.1, 0.15) is 6.04 Å². The number of piperazine rings is 1. The lowest BCUT2D eigenvalue weighted by Crippen LogP contribution is -2.60. The molecule has 1 unspecified atom stereocenters. The van der Waals surface area contributed by atoms with Gasteiger partial charge < -0.3 is 31.1 Å². The molecule has 0 spiro atoms. The highest BCUT2D eigenvalue weighted by Crippen LogP contribution is 2.29. The SMILES string of the molecule is CC(N[C@@H](Cc1cccc(NC(=N)N)c1)C(=O)O)(OC(=O)N1CCNCC1)S(=O)(=O)c1ccc2ccccc2c1. The molecule has 0 bridgehead atoms. The minimum atomic E-state index is -4.49. The van der Waals surface area contributed by atoms with Crippen molar-refractivity contribution in [3.63, 3.8) is 0 Å². The molecule has 7 N–H and O–H groups in total. The summed E-state index contributed by atoms with van der Waals surface area (Å²) >= 11 is 0. The first-order valence-electron chi connectivity index (χ1n) is 12.6. The molecule has 4 rings (SSSR count). The van der Waals surface area contributed by atoms with Crippen LogP contribution in [0.3, 0.4) is 0 Å². The van der Waals surface area contributed by atoms with Crippen molar-refractivity contribution >= 4 is 44.3 Å². The molecule has 1 aliphatic heterocycles. The summed E-state index contributed by atoms with van der Waals surface area (Å²) in [6.45, 7) is 2.80. The van der Waals surface area contributed by atoms with E-state index in [9.17, 15) is 23.1 Å². The maximum Gasteiger partial charge on any atom is 0.412 e. The summed E-state index contributed by atoms with van der Waals surface area (Å²) < 4.78 is 33.8. The number of carboxylic acid groups (broad SMARTS) is 1. The topological polar surface area (TPSA) is 187 Å². The molecule has 12 nitrogen and oxygen atoms in total. The molecular weight excluding hydrogens is 536 g/mol. The van der Waals surface area contributed by atoms with Crippen LogP contribution in [0.1, 0.15) is 12.5 Å². The van der Waals surface area contributed by atoms with Crippen LogP contribution in [0.2, 0.25) is 0 Å². The van der Waals surface area contributed by atoms with Crippen LogP contribution in [-0.2, 0) is 25.8 Å². The zero-order valence-electron chi connectivity index (χ0n) is 21.9. The van der Waals surface area contributed by atoms with Gasteiger partial charge in [0, 0.05) is 38.8 Å². The van der Waals surface area contributed by atoms with Crippen molar-refractivity contribution in [3.8, 4) is 0 Å². The number of carboxylic acids is 1. The summed E-state index contributed by atoms with van der Waals surface area (Å²) in [7, 11) is -4.49. The van der Waals surface area contributed by atoms with Crippen LogP contribution in [0.15, 0.2) is 71.6 Å². The molecule has 2 atom stereocenters. The van der Waals surface area contributed by atoms with Gasteiger partial charge in [-0.15, -0.1) is 0 Å². The first-order valence-corrected chi connectivity index (χ1v) is 14.1. The number of amides is 1. The number of fused-ring (bicyclic) bond motifs is 1. The van der Waals surface area contributed by atoms with Gasteiger partial charge in [-0.25, -0.2) is 13.2 Å². The van der Waals surface area contributed by atoms with E-state index in [0.29, 0.717) is 42.8 Å². The molecule has 0 aliphatic carbocycles. The molecule has 13 heteroatoms. The van der Waals surface area contributed by atoms with E-state index >= 15 is 0 Å². The zero-order valence-corrected chi connectivity index (χ0v) is 22.7. The molecule has 0 radical (unpaired) electrons. The third-order valence-corrected chi connectivity index (χ3v) is 8.68. The number of rotatable bonds is 9. The molecule has 1 heterocycles. The van der Waals surface area contributed by atoms with Gasteiger partial charge in [-0.3, -0.25) is 15.5 Å². The average molecular weight is 569 g/mol. The normalized spacial score (nSPS) is 16.1. The second-order valence-electron chi connectivity index (χ2n) is 9.54. The van der Waals surface area contributed by atoms with Gasteiger partial charge in [0.15, 0.2) is 5.96 Å². The van der Waals surface area contributed by atoms with E-state index in [1.54, 1.807) is 42.5 Å². The molecule has 3 aromatic carbocycles. The average Bonchev–Trinajstić information content (AvgIpc) is 2.92. The second kappa shape index (κ2) is 11.9. The van der Waals surface area contributed by atoms with Gasteiger partial charge in [0.25, 0.3) is 5.06 Å². The van der Waals surface area contributed by atoms with Gasteiger partial charge in [-0.2, -0.15) is 0 Å². The highest BCUT2D eigenvalue weighted by Gasteiger charge is 2.48. The largest absolute Gasteiger partial charge is 0.480 e. The third kappa shape index (κ3) is 6.50. The molecule has 3 aromatic rings. The fraction of sp³-hybridized carbons (Fsp3) is 0.296. The summed E-state index contributed by atoms with van der Waals surface area (Å²) in [6.07, 6.45) is -1.03. The molecular formula is C27H32N6O6S. The maximum atomic E-state index is 14.1. The molecule has 0 saturated carbocycles. The first-order chi connectivity index (χ1) is 19.0. The van der Waals surface area contributed by atoms with Crippen molar-refractivity contribution < 1.29 is 27.9 Å². The number of hydrogen-bond acceptors (Lipinski definition) is 8. The number of carbonyl (C=O) groups is 2. The van der Waals surface area contributed by atoms with Crippen LogP contribution < -0.4 is 21.7 Å². The number of ether oxygens (including phenoxy) is 1. The Morgan fingerprint density at radius 2 is 1.80 bits per heavy atom. The molecule has 0 aromatic heterocycles. The van der Waals surface area contributed by atoms with Crippen molar-refractivity contribution in [2.24, 2.45) is 5.73 Å². The number of anilines is 1. The molecule has 1 amide bonds. The predicted molar refractivity (Wildman–Crippen MR) is 151 cm³/mol. The molecule has 1 fully saturated rings. The molecule has 1 aliphatic rings. The Balaban J connectivity index is 1.70. The number of nitrogens with two attached hydrogens (primary N) is 1. The Hall–Kier alpha value is -4.20. The van der Waals surface area contributed by atoms with Crippen molar-refractivity contribution in [3.05, 3.63) is 72.3 Å². The van der Waals surface area contributed by atoms with Crippen molar-refractivity contribution in [1.82, 2.24) is 15.5 Å². The predicted octanol–water partition coefficient (Wildman–Crippen LogP) is 1.92. The lowest BCUT2D eigenvalue weighted by molar-refractivity contribution is -0.141. The summed E-state index contributed by atoms with van der Waals surface area (Å²) in [5.41, 5.74) is 6.38. The Labute approximate surface area is 231 Å². The molecule has 212 valence electrons. The zero-order chi connectivity index (χ0) is 28.9. The summed E-state index contributed by atoms with van der Waals surface area (Å²) in [5, 5.41) is 24.9. The number of benzene rings is 3. The van der Waals surface area contributed by atoms with Crippen molar-refractivity contribution in [1.29, 1.82) is 5.41 Å². The third-order valence-electron chi connectivity index (χ3n) is 6.58. The van der Waals surface area contributed by atoms with E-state index < -0.39 is 33.0 Å². The number of aliphatic carboxylic acids is 1. The maximum absolute atomic E-state index is 14.1. The van der Waals surface area contributed by atoms with Gasteiger partial charge in [-0.05, 0) is 47.0 Å². The number of nitrogens with zero attached hydrogens (tertiary/aromatic N) is 1. The number of hydrogen-bond donors (Lipinski definition) is 6. The molecule has 40 heavy (non-hydrogen) atoms. The van der Waals surface area contributed by atoms with Crippen LogP contribution in [-0.4, -0.2) is 73.7 Å². The van der Waals surface area contributed by atoms with Gasteiger partial charge in [0.05, 0.1) is 4.90 Å². The van der Waals surface area contributed by atoms with Crippen molar-refractivity contribution in [2.45, 2.75) is 29.3 Å². The fourth-order valence-electron chi connectivity index (χ4n) is 4.48. The number of sulfone groups is 1. The summed E-state index contributed by atoms with van der Waals surface area (Å²) in [6, 6.07) is 16.8. The summed E-state index contributed by atoms with van der Waals surface area (Å²) in [4.78, 5) is 26.8. The monoisotopic (exact) mass is 568 g/mol. The van der Waals surface area contributed by atoms with Crippen LogP contribution in [0, 0.1) is 5.41 Å². The minimum absolute atomic E-state index is 0.133. The summed E-state index contributed by atoms with van der Waals surface area (Å²) in [5.74, 6) is -1.64. The Kier molecular flexibility index (Phi) is 8.57. The Morgan fingerprint density at radius 3 is 2.48 bits per heavy atom. The standard InChI is InChI=1S/C27H32N6O6S/c1-27(39-26(36)33-13-11-30-12-14-33,40(37,38)22-10-9-19-6-2-3-7-20(19)17-22)32-23(24(34)35)16-18-5-4-8-21(15-18)31-25(28)29/h2-10,15,17,23,30,32H,11-14,16H2,1H3,(H,34,35)(H4,28,29,31)/t23-,27?/m0/s1. The van der Waals surface area contributed by atoms with E-state index in [1.165, 1.54) is 17.0 Å². The molecule has 1 saturated heterocycles. The first kappa shape index (κ1) is 28.8. The lowest BCUT2D eigenvalue weighted by atomic mass is 10.1. The van der Waals surface area contributed by atoms with E-state index in [4.69, 9.17) is 15.9 Å². The Bertz CT molecular complexity index is 1520. The number of nitrogens with one attached hydrogen (secondary N) is 4. The van der Waals surface area contributed by atoms with Crippen LogP contribution in [0.4, 0.5) is 10.5 Å². The van der Waals surface area contributed by atoms with Crippen LogP contribution in [0.5, 0.6) is 0 Å². The van der Waals surface area contributed by atoms with Gasteiger partial charge >= 0.3 is 12.1 Å². The second-order valence-corrected chi connectivity index (χ2v) is 11.8. The Morgan fingerprint density at radius 1 is 1.10 bits per heavy atom. The van der Waals surface area contributed by atoms with Gasteiger partial charge in [-0.1, -0.05) is 42.5 Å². The highest BCUT2D eigenvalue weighted by atomic mass is 32.2. The quantitative estimate of drug-likeness (QED) is 0.126. The van der Waals surface area contributed by atoms with Crippen LogP contribution in [0.25, 0.3) is 10.8 Å². The smallest absolute Gasteiger partial charge is 0.412 e. The van der Waals surface area contributed by atoms with E-state index in [2.05, 4.69) is 16.0 Å². The number of guanidine groups is 1. The number of carbonyl (C=O) groups excluding carboxylic acids is 1. The fourth-order valence-corrected chi connectivity index (χ4v) is 5.94. The van der Waals surface area contributed by atoms with E-state index in [0.717, 1.165) is 12.3 Å². The van der Waals surface area contributed by atoms with Crippen molar-refractivity contribution in [2.75, 3.05) is 31.5 Å². The van der Waals surface area contributed by atoms with E-state index in [1.807, 2.05) is 12.1 Å².